The van der Waals surface area contributed by atoms with Crippen LogP contribution in [0.3, 0.4) is 0 Å². The van der Waals surface area contributed by atoms with Crippen molar-refractivity contribution in [1.29, 1.82) is 0 Å². The Morgan fingerprint density at radius 3 is 2.36 bits per heavy atom. The molecule has 1 amide bonds. The molecule has 0 unspecified atom stereocenters. The average Bonchev–Trinajstić information content (AvgIpc) is 2.86. The zero-order valence-electron chi connectivity index (χ0n) is 19.4. The van der Waals surface area contributed by atoms with Crippen molar-refractivity contribution in [1.82, 2.24) is 4.72 Å². The first-order chi connectivity index (χ1) is 17.3. The number of hydrogen-bond donors (Lipinski definition) is 2. The number of anilines is 1. The van der Waals surface area contributed by atoms with Gasteiger partial charge in [-0.15, -0.1) is 0 Å². The maximum Gasteiger partial charge on any atom is 0.262 e. The van der Waals surface area contributed by atoms with Gasteiger partial charge in [0.15, 0.2) is 12.4 Å². The van der Waals surface area contributed by atoms with Crippen molar-refractivity contribution in [3.05, 3.63) is 76.8 Å². The Balaban J connectivity index is 1.38. The Hall–Kier alpha value is -2.78. The molecule has 1 aliphatic carbocycles. The van der Waals surface area contributed by atoms with Gasteiger partial charge in [0.05, 0.1) is 15.6 Å². The lowest BCUT2D eigenvalue weighted by atomic mass is 9.96. The van der Waals surface area contributed by atoms with Crippen molar-refractivity contribution in [2.75, 3.05) is 11.9 Å². The van der Waals surface area contributed by atoms with Gasteiger partial charge in [0.2, 0.25) is 10.0 Å². The van der Waals surface area contributed by atoms with Crippen molar-refractivity contribution in [3.8, 4) is 17.2 Å². The van der Waals surface area contributed by atoms with Gasteiger partial charge < -0.3 is 14.8 Å². The molecule has 2 N–H and O–H groups in total. The normalized spacial score (nSPS) is 14.3. The summed E-state index contributed by atoms with van der Waals surface area (Å²) in [6.07, 6.45) is 4.81. The number of rotatable bonds is 9. The van der Waals surface area contributed by atoms with Crippen LogP contribution in [0.1, 0.15) is 32.1 Å². The smallest absolute Gasteiger partial charge is 0.262 e. The van der Waals surface area contributed by atoms with Gasteiger partial charge in [-0.1, -0.05) is 60.7 Å². The molecule has 0 atom stereocenters. The molecule has 3 aromatic carbocycles. The predicted molar refractivity (Wildman–Crippen MR) is 141 cm³/mol. The summed E-state index contributed by atoms with van der Waals surface area (Å²) in [7, 11) is -3.70. The van der Waals surface area contributed by atoms with E-state index in [1.165, 1.54) is 18.2 Å². The molecule has 1 aliphatic rings. The van der Waals surface area contributed by atoms with Gasteiger partial charge in [-0.05, 0) is 61.4 Å². The first kappa shape index (κ1) is 26.3. The second-order valence-electron chi connectivity index (χ2n) is 8.44. The molecule has 3 aromatic rings. The third kappa shape index (κ3) is 7.13. The molecule has 7 nitrogen and oxygen atoms in total. The van der Waals surface area contributed by atoms with Crippen LogP contribution in [0, 0.1) is 0 Å². The molecule has 1 saturated carbocycles. The lowest BCUT2D eigenvalue weighted by molar-refractivity contribution is -0.118. The Morgan fingerprint density at radius 2 is 1.64 bits per heavy atom. The minimum Gasteiger partial charge on any atom is -0.482 e. The van der Waals surface area contributed by atoms with E-state index in [9.17, 15) is 13.2 Å². The standard InChI is InChI=1S/C26H26Cl2N2O5S/c27-18-11-13-25(35-20-9-5-2-6-10-20)23(15-18)29-26(31)17-34-24-14-12-21(16-22(24)28)36(32,33)30-19-7-3-1-4-8-19/h2,5-6,9-16,19,30H,1,3-4,7-8,17H2,(H,29,31). The van der Waals surface area contributed by atoms with Crippen molar-refractivity contribution >= 4 is 44.8 Å². The lowest BCUT2D eigenvalue weighted by Gasteiger charge is -2.22. The van der Waals surface area contributed by atoms with Gasteiger partial charge in [0, 0.05) is 11.1 Å². The zero-order chi connectivity index (χ0) is 25.5. The average molecular weight is 549 g/mol. The van der Waals surface area contributed by atoms with E-state index >= 15 is 0 Å². The molecule has 0 saturated heterocycles. The number of halogens is 2. The fourth-order valence-corrected chi connectivity index (χ4v) is 5.71. The molecule has 36 heavy (non-hydrogen) atoms. The third-order valence-corrected chi connectivity index (χ3v) is 7.73. The fraction of sp³-hybridized carbons (Fsp3) is 0.269. The molecule has 4 rings (SSSR count). The summed E-state index contributed by atoms with van der Waals surface area (Å²) in [5.41, 5.74) is 0.376. The van der Waals surface area contributed by atoms with E-state index in [1.807, 2.05) is 18.2 Å². The van der Waals surface area contributed by atoms with Crippen molar-refractivity contribution in [3.63, 3.8) is 0 Å². The second kappa shape index (κ2) is 12.0. The summed E-state index contributed by atoms with van der Waals surface area (Å²) in [5, 5.41) is 3.23. The monoisotopic (exact) mass is 548 g/mol. The Labute approximate surface area is 220 Å². The van der Waals surface area contributed by atoms with Gasteiger partial charge in [-0.2, -0.15) is 0 Å². The van der Waals surface area contributed by atoms with E-state index in [0.717, 1.165) is 32.1 Å². The van der Waals surface area contributed by atoms with Gasteiger partial charge in [-0.25, -0.2) is 13.1 Å². The number of para-hydroxylation sites is 1. The maximum absolute atomic E-state index is 12.7. The Kier molecular flexibility index (Phi) is 8.74. The molecule has 0 aliphatic heterocycles. The quantitative estimate of drug-likeness (QED) is 0.322. The SMILES string of the molecule is O=C(COc1ccc(S(=O)(=O)NC2CCCCC2)cc1Cl)Nc1cc(Cl)ccc1Oc1ccccc1. The summed E-state index contributed by atoms with van der Waals surface area (Å²) in [5.74, 6) is 0.737. The highest BCUT2D eigenvalue weighted by molar-refractivity contribution is 7.89. The van der Waals surface area contributed by atoms with E-state index in [-0.39, 0.29) is 28.3 Å². The summed E-state index contributed by atoms with van der Waals surface area (Å²) in [4.78, 5) is 12.6. The summed E-state index contributed by atoms with van der Waals surface area (Å²) < 4.78 is 39.6. The van der Waals surface area contributed by atoms with E-state index in [4.69, 9.17) is 32.7 Å². The highest BCUT2D eigenvalue weighted by atomic mass is 35.5. The molecule has 190 valence electrons. The number of benzene rings is 3. The van der Waals surface area contributed by atoms with Crippen molar-refractivity contribution in [2.24, 2.45) is 0 Å². The first-order valence-electron chi connectivity index (χ1n) is 11.6. The van der Waals surface area contributed by atoms with E-state index in [2.05, 4.69) is 10.0 Å². The van der Waals surface area contributed by atoms with Gasteiger partial charge >= 0.3 is 0 Å². The molecule has 1 fully saturated rings. The number of ether oxygens (including phenoxy) is 2. The second-order valence-corrected chi connectivity index (χ2v) is 11.0. The first-order valence-corrected chi connectivity index (χ1v) is 13.8. The Morgan fingerprint density at radius 1 is 0.917 bits per heavy atom. The van der Waals surface area contributed by atoms with Crippen LogP contribution in [-0.4, -0.2) is 27.0 Å². The topological polar surface area (TPSA) is 93.7 Å². The molecule has 0 heterocycles. The summed E-state index contributed by atoms with van der Waals surface area (Å²) in [6, 6.07) is 18.1. The predicted octanol–water partition coefficient (Wildman–Crippen LogP) is 6.41. The number of hydrogen-bond acceptors (Lipinski definition) is 5. The highest BCUT2D eigenvalue weighted by Gasteiger charge is 2.23. The van der Waals surface area contributed by atoms with Crippen molar-refractivity contribution < 1.29 is 22.7 Å². The molecular weight excluding hydrogens is 523 g/mol. The zero-order valence-corrected chi connectivity index (χ0v) is 21.7. The van der Waals surface area contributed by atoms with E-state index in [0.29, 0.717) is 22.2 Å². The van der Waals surface area contributed by atoms with E-state index in [1.54, 1.807) is 30.3 Å². The minimum absolute atomic E-state index is 0.0523. The Bertz CT molecular complexity index is 1310. The van der Waals surface area contributed by atoms with Crippen molar-refractivity contribution in [2.45, 2.75) is 43.0 Å². The third-order valence-electron chi connectivity index (χ3n) is 5.69. The van der Waals surface area contributed by atoms with Crippen LogP contribution in [0.2, 0.25) is 10.0 Å². The molecule has 0 spiro atoms. The molecule has 0 aromatic heterocycles. The fourth-order valence-electron chi connectivity index (χ4n) is 3.91. The van der Waals surface area contributed by atoms with Crippen LogP contribution in [0.25, 0.3) is 0 Å². The number of amides is 1. The van der Waals surface area contributed by atoms with Gasteiger partial charge in [0.1, 0.15) is 11.5 Å². The molecule has 10 heteroatoms. The number of sulfonamides is 1. The molecular formula is C26H26Cl2N2O5S. The van der Waals surface area contributed by atoms with Gasteiger partial charge in [-0.3, -0.25) is 4.79 Å². The minimum atomic E-state index is -3.70. The molecule has 0 radical (unpaired) electrons. The van der Waals surface area contributed by atoms with Crippen LogP contribution in [0.5, 0.6) is 17.2 Å². The van der Waals surface area contributed by atoms with Gasteiger partial charge in [0.25, 0.3) is 5.91 Å². The number of carbonyl (C=O) groups excluding carboxylic acids is 1. The lowest BCUT2D eigenvalue weighted by Crippen LogP contribution is -2.36. The summed E-state index contributed by atoms with van der Waals surface area (Å²) in [6.45, 7) is -0.358. The van der Waals surface area contributed by atoms with Crippen LogP contribution < -0.4 is 19.5 Å². The highest BCUT2D eigenvalue weighted by Crippen LogP contribution is 2.32. The molecule has 0 bridgehead atoms. The summed E-state index contributed by atoms with van der Waals surface area (Å²) >= 11 is 12.4. The van der Waals surface area contributed by atoms with E-state index < -0.39 is 15.9 Å². The number of nitrogens with one attached hydrogen (secondary N) is 2. The van der Waals surface area contributed by atoms with Crippen LogP contribution >= 0.6 is 23.2 Å². The largest absolute Gasteiger partial charge is 0.482 e. The maximum atomic E-state index is 12.7. The van der Waals surface area contributed by atoms with Crippen LogP contribution in [0.15, 0.2) is 71.6 Å². The number of carbonyl (C=O) groups is 1. The van der Waals surface area contributed by atoms with Crippen LogP contribution in [0.4, 0.5) is 5.69 Å². The van der Waals surface area contributed by atoms with Crippen LogP contribution in [-0.2, 0) is 14.8 Å².